The maximum Gasteiger partial charge on any atom is 0.314 e. The largest absolute Gasteiger partial charge is 0.426 e. The summed E-state index contributed by atoms with van der Waals surface area (Å²) in [5, 5.41) is 0. The molecule has 2 aromatic rings. The molecule has 1 aliphatic rings. The number of esters is 1. The molecule has 0 aliphatic heterocycles. The van der Waals surface area contributed by atoms with Crippen molar-refractivity contribution in [1.82, 2.24) is 0 Å². The number of rotatable bonds is 3. The van der Waals surface area contributed by atoms with Gasteiger partial charge in [-0.3, -0.25) is 4.79 Å². The minimum atomic E-state index is -0.0938. The lowest BCUT2D eigenvalue weighted by Gasteiger charge is -2.26. The summed E-state index contributed by atoms with van der Waals surface area (Å²) in [6.45, 7) is 4.05. The fourth-order valence-electron chi connectivity index (χ4n) is 3.54. The van der Waals surface area contributed by atoms with Gasteiger partial charge in [0.15, 0.2) is 0 Å². The van der Waals surface area contributed by atoms with Crippen LogP contribution in [0.5, 0.6) is 5.75 Å². The Labute approximate surface area is 168 Å². The summed E-state index contributed by atoms with van der Waals surface area (Å²) in [6.07, 6.45) is 5.38. The number of ether oxygens (including phenoxy) is 1. The maximum atomic E-state index is 12.4. The van der Waals surface area contributed by atoms with Gasteiger partial charge in [0, 0.05) is 16.7 Å². The monoisotopic (exact) mass is 370 g/mol. The Kier molecular flexibility index (Phi) is 6.94. The highest BCUT2D eigenvalue weighted by Crippen LogP contribution is 2.31. The topological polar surface area (TPSA) is 26.3 Å². The van der Waals surface area contributed by atoms with E-state index in [1.54, 1.807) is 0 Å². The minimum Gasteiger partial charge on any atom is -0.426 e. The molecule has 1 aliphatic carbocycles. The summed E-state index contributed by atoms with van der Waals surface area (Å²) >= 11 is 0. The first-order chi connectivity index (χ1) is 13.7. The first-order valence-corrected chi connectivity index (χ1v) is 10.0. The third kappa shape index (κ3) is 5.51. The van der Waals surface area contributed by atoms with Crippen LogP contribution in [0, 0.1) is 35.5 Å². The van der Waals surface area contributed by atoms with Crippen molar-refractivity contribution < 1.29 is 9.53 Å². The molecule has 0 heterocycles. The molecule has 0 radical (unpaired) electrons. The summed E-state index contributed by atoms with van der Waals surface area (Å²) in [6, 6.07) is 15.3. The van der Waals surface area contributed by atoms with E-state index in [-0.39, 0.29) is 11.9 Å². The molecule has 0 saturated heterocycles. The van der Waals surface area contributed by atoms with Crippen LogP contribution in [0.25, 0.3) is 0 Å². The van der Waals surface area contributed by atoms with Gasteiger partial charge < -0.3 is 4.74 Å². The lowest BCUT2D eigenvalue weighted by molar-refractivity contribution is -0.140. The molecule has 28 heavy (non-hydrogen) atoms. The van der Waals surface area contributed by atoms with Gasteiger partial charge in [-0.2, -0.15) is 0 Å². The quantitative estimate of drug-likeness (QED) is 0.400. The van der Waals surface area contributed by atoms with Crippen LogP contribution >= 0.6 is 0 Å². The Bertz CT molecular complexity index is 907. The predicted molar refractivity (Wildman–Crippen MR) is 113 cm³/mol. The summed E-state index contributed by atoms with van der Waals surface area (Å²) < 4.78 is 5.58. The fraction of sp³-hybridized carbons (Fsp3) is 0.346. The molecule has 0 unspecified atom stereocenters. The number of carbonyl (C=O) groups excluding carboxylic acids is 1. The number of hydrogen-bond donors (Lipinski definition) is 0. The molecule has 3 rings (SSSR count). The van der Waals surface area contributed by atoms with Crippen molar-refractivity contribution in [3.8, 4) is 29.4 Å². The van der Waals surface area contributed by atoms with Crippen molar-refractivity contribution in [2.45, 2.75) is 46.0 Å². The van der Waals surface area contributed by atoms with Crippen molar-refractivity contribution in [3.05, 3.63) is 65.2 Å². The summed E-state index contributed by atoms with van der Waals surface area (Å²) in [4.78, 5) is 12.4. The molecule has 2 nitrogen and oxygen atoms in total. The normalized spacial score (nSPS) is 18.2. The Morgan fingerprint density at radius 1 is 0.857 bits per heavy atom. The second kappa shape index (κ2) is 9.82. The van der Waals surface area contributed by atoms with E-state index in [4.69, 9.17) is 4.74 Å². The molecule has 142 valence electrons. The molecule has 2 heteroatoms. The van der Waals surface area contributed by atoms with Crippen LogP contribution < -0.4 is 4.74 Å². The van der Waals surface area contributed by atoms with Gasteiger partial charge in [0.1, 0.15) is 5.75 Å². The zero-order valence-electron chi connectivity index (χ0n) is 16.6. The molecule has 0 atom stereocenters. The number of benzene rings is 2. The smallest absolute Gasteiger partial charge is 0.314 e. The standard InChI is InChI=1S/C26H26O2/c1-3-5-21-6-8-22(9-7-21)10-11-23-14-18-25(19-15-23)28-26(27)24-16-12-20(4-2)13-17-24/h6-9,14-15,18-20,24H,4,12-13,16-17H2,1-2H3/t20-,24-. The van der Waals surface area contributed by atoms with E-state index < -0.39 is 0 Å². The van der Waals surface area contributed by atoms with Crippen molar-refractivity contribution in [2.24, 2.45) is 11.8 Å². The zero-order valence-corrected chi connectivity index (χ0v) is 16.6. The molecule has 1 fully saturated rings. The second-order valence-corrected chi connectivity index (χ2v) is 7.27. The molecule has 0 amide bonds. The third-order valence-corrected chi connectivity index (χ3v) is 5.34. The lowest BCUT2D eigenvalue weighted by Crippen LogP contribution is -2.25. The second-order valence-electron chi connectivity index (χ2n) is 7.27. The molecule has 0 aromatic heterocycles. The Balaban J connectivity index is 1.56. The fourth-order valence-corrected chi connectivity index (χ4v) is 3.54. The van der Waals surface area contributed by atoms with Gasteiger partial charge in [-0.15, -0.1) is 5.92 Å². The summed E-state index contributed by atoms with van der Waals surface area (Å²) in [5.41, 5.74) is 2.82. The van der Waals surface area contributed by atoms with Gasteiger partial charge in [-0.05, 0) is 87.1 Å². The molecule has 2 aromatic carbocycles. The average Bonchev–Trinajstić information content (AvgIpc) is 2.74. The first-order valence-electron chi connectivity index (χ1n) is 10.0. The Morgan fingerprint density at radius 2 is 1.36 bits per heavy atom. The van der Waals surface area contributed by atoms with E-state index >= 15 is 0 Å². The van der Waals surface area contributed by atoms with Crippen LogP contribution in [-0.4, -0.2) is 5.97 Å². The Morgan fingerprint density at radius 3 is 1.86 bits per heavy atom. The minimum absolute atomic E-state index is 0.0441. The highest BCUT2D eigenvalue weighted by molar-refractivity contribution is 5.75. The highest BCUT2D eigenvalue weighted by Gasteiger charge is 2.26. The van der Waals surface area contributed by atoms with Crippen LogP contribution in [0.1, 0.15) is 62.6 Å². The lowest BCUT2D eigenvalue weighted by atomic mass is 9.81. The number of hydrogen-bond acceptors (Lipinski definition) is 2. The van der Waals surface area contributed by atoms with Crippen molar-refractivity contribution in [2.75, 3.05) is 0 Å². The van der Waals surface area contributed by atoms with E-state index in [0.29, 0.717) is 5.75 Å². The van der Waals surface area contributed by atoms with Gasteiger partial charge in [-0.1, -0.05) is 31.1 Å². The SMILES string of the molecule is CC#Cc1ccc(C#Cc2ccc(OC(=O)[C@H]3CC[C@H](CC)CC3)cc2)cc1. The van der Waals surface area contributed by atoms with Crippen LogP contribution in [-0.2, 0) is 4.79 Å². The number of carbonyl (C=O) groups is 1. The Hall–Kier alpha value is -2.97. The van der Waals surface area contributed by atoms with E-state index in [0.717, 1.165) is 48.3 Å². The van der Waals surface area contributed by atoms with Crippen LogP contribution in [0.4, 0.5) is 0 Å². The van der Waals surface area contributed by atoms with E-state index in [1.165, 1.54) is 6.42 Å². The summed E-state index contributed by atoms with van der Waals surface area (Å²) in [7, 11) is 0. The van der Waals surface area contributed by atoms with Crippen LogP contribution in [0.2, 0.25) is 0 Å². The molecule has 0 bridgehead atoms. The van der Waals surface area contributed by atoms with Gasteiger partial charge in [-0.25, -0.2) is 0 Å². The summed E-state index contributed by atoms with van der Waals surface area (Å²) in [5.74, 6) is 13.5. The van der Waals surface area contributed by atoms with Gasteiger partial charge in [0.05, 0.1) is 5.92 Å². The predicted octanol–water partition coefficient (Wildman–Crippen LogP) is 5.58. The van der Waals surface area contributed by atoms with Crippen LogP contribution in [0.3, 0.4) is 0 Å². The molecular formula is C26H26O2. The first kappa shape index (κ1) is 19.8. The van der Waals surface area contributed by atoms with Gasteiger partial charge in [0.25, 0.3) is 0 Å². The molecule has 0 spiro atoms. The molecule has 0 N–H and O–H groups in total. The van der Waals surface area contributed by atoms with Crippen molar-refractivity contribution in [3.63, 3.8) is 0 Å². The maximum absolute atomic E-state index is 12.4. The molecular weight excluding hydrogens is 344 g/mol. The molecule has 1 saturated carbocycles. The van der Waals surface area contributed by atoms with Crippen molar-refractivity contribution in [1.29, 1.82) is 0 Å². The van der Waals surface area contributed by atoms with Crippen LogP contribution in [0.15, 0.2) is 48.5 Å². The third-order valence-electron chi connectivity index (χ3n) is 5.34. The average molecular weight is 370 g/mol. The van der Waals surface area contributed by atoms with Gasteiger partial charge >= 0.3 is 5.97 Å². The van der Waals surface area contributed by atoms with Gasteiger partial charge in [0.2, 0.25) is 0 Å². The highest BCUT2D eigenvalue weighted by atomic mass is 16.5. The van der Waals surface area contributed by atoms with E-state index in [1.807, 2.05) is 55.5 Å². The van der Waals surface area contributed by atoms with E-state index in [2.05, 4.69) is 30.6 Å². The zero-order chi connectivity index (χ0) is 19.8. The van der Waals surface area contributed by atoms with Crippen molar-refractivity contribution >= 4 is 5.97 Å². The van der Waals surface area contributed by atoms with E-state index in [9.17, 15) is 4.79 Å².